The number of rotatable bonds is 2. The number of carbonyl (C=O) groups excluding carboxylic acids is 1. The zero-order valence-corrected chi connectivity index (χ0v) is 11.6. The van der Waals surface area contributed by atoms with Crippen LogP contribution in [0.2, 0.25) is 5.15 Å². The van der Waals surface area contributed by atoms with Crippen LogP contribution in [0.4, 0.5) is 11.4 Å². The van der Waals surface area contributed by atoms with Crippen molar-refractivity contribution in [1.29, 1.82) is 0 Å². The van der Waals surface area contributed by atoms with Crippen LogP contribution in [0.1, 0.15) is 16.2 Å². The molecule has 0 spiro atoms. The molecule has 0 saturated heterocycles. The van der Waals surface area contributed by atoms with Crippen molar-refractivity contribution in [3.63, 3.8) is 0 Å². The molecule has 2 rings (SSSR count). The van der Waals surface area contributed by atoms with Gasteiger partial charge in [-0.1, -0.05) is 11.6 Å². The zero-order chi connectivity index (χ0) is 13.3. The van der Waals surface area contributed by atoms with Crippen LogP contribution in [0.5, 0.6) is 0 Å². The van der Waals surface area contributed by atoms with E-state index < -0.39 is 5.91 Å². The van der Waals surface area contributed by atoms with Crippen LogP contribution < -0.4 is 11.1 Å². The smallest absolute Gasteiger partial charge is 0.278 e. The molecule has 0 aliphatic rings. The number of H-pyrrole nitrogens is 1. The number of hydrogen-bond acceptors (Lipinski definition) is 4. The number of anilines is 2. The maximum absolute atomic E-state index is 11.9. The fraction of sp³-hybridized carbons (Fsp3) is 0.100. The Bertz CT molecular complexity index is 612. The fourth-order valence-electron chi connectivity index (χ4n) is 1.30. The van der Waals surface area contributed by atoms with Crippen molar-refractivity contribution in [3.05, 3.63) is 33.3 Å². The lowest BCUT2D eigenvalue weighted by atomic mass is 10.3. The summed E-state index contributed by atoms with van der Waals surface area (Å²) in [6.45, 7) is 1.73. The molecule has 6 nitrogen and oxygen atoms in total. The third kappa shape index (κ3) is 2.46. The predicted molar refractivity (Wildman–Crippen MR) is 72.6 cm³/mol. The van der Waals surface area contributed by atoms with E-state index in [0.29, 0.717) is 21.5 Å². The zero-order valence-electron chi connectivity index (χ0n) is 9.29. The van der Waals surface area contributed by atoms with Gasteiger partial charge >= 0.3 is 0 Å². The molecule has 0 bridgehead atoms. The Morgan fingerprint density at radius 1 is 1.61 bits per heavy atom. The first-order valence-electron chi connectivity index (χ1n) is 4.92. The molecule has 0 aromatic carbocycles. The minimum absolute atomic E-state index is 0.128. The fourth-order valence-corrected chi connectivity index (χ4v) is 1.78. The van der Waals surface area contributed by atoms with Crippen molar-refractivity contribution in [2.45, 2.75) is 6.92 Å². The van der Waals surface area contributed by atoms with Crippen LogP contribution in [0.25, 0.3) is 0 Å². The van der Waals surface area contributed by atoms with Gasteiger partial charge in [-0.15, -0.1) is 0 Å². The van der Waals surface area contributed by atoms with Gasteiger partial charge in [0, 0.05) is 10.7 Å². The van der Waals surface area contributed by atoms with Crippen LogP contribution >= 0.6 is 27.5 Å². The molecule has 0 aliphatic carbocycles. The minimum atomic E-state index is -0.446. The van der Waals surface area contributed by atoms with Crippen molar-refractivity contribution < 1.29 is 4.79 Å². The molecule has 18 heavy (non-hydrogen) atoms. The van der Waals surface area contributed by atoms with E-state index in [1.54, 1.807) is 13.0 Å². The van der Waals surface area contributed by atoms with Gasteiger partial charge in [0.25, 0.3) is 5.91 Å². The molecule has 1 amide bonds. The topological polar surface area (TPSA) is 96.7 Å². The molecule has 2 heterocycles. The van der Waals surface area contributed by atoms with Gasteiger partial charge in [-0.2, -0.15) is 5.10 Å². The normalized spacial score (nSPS) is 10.4. The number of nitrogens with one attached hydrogen (secondary N) is 2. The van der Waals surface area contributed by atoms with E-state index >= 15 is 0 Å². The van der Waals surface area contributed by atoms with Gasteiger partial charge < -0.3 is 11.1 Å². The van der Waals surface area contributed by atoms with E-state index in [9.17, 15) is 4.79 Å². The molecular weight excluding hydrogens is 322 g/mol. The van der Waals surface area contributed by atoms with Gasteiger partial charge in [-0.05, 0) is 28.9 Å². The molecule has 0 saturated carbocycles. The molecular formula is C10H9BrClN5O. The van der Waals surface area contributed by atoms with Gasteiger partial charge in [-0.25, -0.2) is 4.98 Å². The summed E-state index contributed by atoms with van der Waals surface area (Å²) in [5.74, 6) is -0.446. The Morgan fingerprint density at radius 2 is 2.33 bits per heavy atom. The number of amides is 1. The molecule has 2 aromatic heterocycles. The molecule has 0 unspecified atom stereocenters. The van der Waals surface area contributed by atoms with E-state index in [4.69, 9.17) is 17.3 Å². The summed E-state index contributed by atoms with van der Waals surface area (Å²) in [5.41, 5.74) is 7.18. The predicted octanol–water partition coefficient (Wildman–Crippen LogP) is 2.36. The van der Waals surface area contributed by atoms with Gasteiger partial charge in [0.2, 0.25) is 0 Å². The van der Waals surface area contributed by atoms with Gasteiger partial charge in [0.15, 0.2) is 10.8 Å². The molecule has 4 N–H and O–H groups in total. The van der Waals surface area contributed by atoms with Gasteiger partial charge in [-0.3, -0.25) is 9.89 Å². The standard InChI is InChI=1S/C10H9BrClN5O/c1-4-7(13)8(17-16-4)10(18)15-6-2-5(11)3-14-9(6)12/h2-3H,13H2,1H3,(H,15,18)(H,16,17). The number of carbonyl (C=O) groups is 1. The highest BCUT2D eigenvalue weighted by Crippen LogP contribution is 2.24. The van der Waals surface area contributed by atoms with Gasteiger partial charge in [0.1, 0.15) is 0 Å². The Morgan fingerprint density at radius 3 is 2.94 bits per heavy atom. The molecule has 94 valence electrons. The average Bonchev–Trinajstić information content (AvgIpc) is 2.65. The lowest BCUT2D eigenvalue weighted by Crippen LogP contribution is -2.14. The summed E-state index contributed by atoms with van der Waals surface area (Å²) in [4.78, 5) is 15.8. The summed E-state index contributed by atoms with van der Waals surface area (Å²) >= 11 is 9.11. The van der Waals surface area contributed by atoms with E-state index in [2.05, 4.69) is 36.4 Å². The third-order valence-corrected chi connectivity index (χ3v) is 3.00. The van der Waals surface area contributed by atoms with Crippen molar-refractivity contribution in [2.24, 2.45) is 0 Å². The summed E-state index contributed by atoms with van der Waals surface area (Å²) in [6.07, 6.45) is 1.53. The van der Waals surface area contributed by atoms with Crippen molar-refractivity contribution in [1.82, 2.24) is 15.2 Å². The molecule has 8 heteroatoms. The maximum Gasteiger partial charge on any atom is 0.278 e. The largest absolute Gasteiger partial charge is 0.395 e. The maximum atomic E-state index is 11.9. The summed E-state index contributed by atoms with van der Waals surface area (Å²) in [6, 6.07) is 1.64. The van der Waals surface area contributed by atoms with Crippen LogP contribution in [0.15, 0.2) is 16.7 Å². The van der Waals surface area contributed by atoms with E-state index in [-0.39, 0.29) is 10.8 Å². The first-order chi connectivity index (χ1) is 8.49. The Kier molecular flexibility index (Phi) is 3.53. The lowest BCUT2D eigenvalue weighted by Gasteiger charge is -2.05. The van der Waals surface area contributed by atoms with E-state index in [1.165, 1.54) is 6.20 Å². The molecule has 2 aromatic rings. The Hall–Kier alpha value is -1.60. The number of nitrogens with two attached hydrogens (primary N) is 1. The van der Waals surface area contributed by atoms with Crippen LogP contribution in [0, 0.1) is 6.92 Å². The SMILES string of the molecule is Cc1[nH]nc(C(=O)Nc2cc(Br)cnc2Cl)c1N. The van der Waals surface area contributed by atoms with Crippen LogP contribution in [-0.4, -0.2) is 21.1 Å². The van der Waals surface area contributed by atoms with E-state index in [1.807, 2.05) is 0 Å². The van der Waals surface area contributed by atoms with E-state index in [0.717, 1.165) is 0 Å². The third-order valence-electron chi connectivity index (χ3n) is 2.26. The second-order valence-electron chi connectivity index (χ2n) is 3.56. The number of pyridine rings is 1. The monoisotopic (exact) mass is 329 g/mol. The number of aromatic amines is 1. The molecule has 0 aliphatic heterocycles. The number of nitrogens with zero attached hydrogens (tertiary/aromatic N) is 2. The highest BCUT2D eigenvalue weighted by atomic mass is 79.9. The van der Waals surface area contributed by atoms with Crippen molar-refractivity contribution in [2.75, 3.05) is 11.1 Å². The van der Waals surface area contributed by atoms with Crippen molar-refractivity contribution >= 4 is 44.8 Å². The summed E-state index contributed by atoms with van der Waals surface area (Å²) in [7, 11) is 0. The molecule has 0 radical (unpaired) electrons. The van der Waals surface area contributed by atoms with Crippen molar-refractivity contribution in [3.8, 4) is 0 Å². The summed E-state index contributed by atoms with van der Waals surface area (Å²) in [5, 5.41) is 9.25. The minimum Gasteiger partial charge on any atom is -0.395 e. The first kappa shape index (κ1) is 12.8. The number of hydrogen-bond donors (Lipinski definition) is 3. The molecule has 0 atom stereocenters. The number of halogens is 2. The number of nitrogen functional groups attached to an aromatic ring is 1. The second kappa shape index (κ2) is 4.95. The number of aromatic nitrogens is 3. The quantitative estimate of drug-likeness (QED) is 0.736. The Labute approximate surface area is 116 Å². The summed E-state index contributed by atoms with van der Waals surface area (Å²) < 4.78 is 0.702. The Balaban J connectivity index is 2.27. The lowest BCUT2D eigenvalue weighted by molar-refractivity contribution is 0.102. The first-order valence-corrected chi connectivity index (χ1v) is 6.09. The highest BCUT2D eigenvalue weighted by Gasteiger charge is 2.16. The number of aryl methyl sites for hydroxylation is 1. The molecule has 0 fully saturated rings. The van der Waals surface area contributed by atoms with Crippen LogP contribution in [0.3, 0.4) is 0 Å². The van der Waals surface area contributed by atoms with Crippen LogP contribution in [-0.2, 0) is 0 Å². The van der Waals surface area contributed by atoms with Gasteiger partial charge in [0.05, 0.1) is 17.1 Å². The second-order valence-corrected chi connectivity index (χ2v) is 4.83. The highest BCUT2D eigenvalue weighted by molar-refractivity contribution is 9.10. The average molecular weight is 331 g/mol.